The van der Waals surface area contributed by atoms with E-state index in [0.717, 1.165) is 11.4 Å². The van der Waals surface area contributed by atoms with Crippen molar-refractivity contribution in [1.29, 1.82) is 0 Å². The topological polar surface area (TPSA) is 31.4 Å². The molecule has 0 saturated carbocycles. The summed E-state index contributed by atoms with van der Waals surface area (Å²) in [4.78, 5) is 4.32. The maximum atomic E-state index is 5.25. The van der Waals surface area contributed by atoms with Crippen LogP contribution < -0.4 is 0 Å². The van der Waals surface area contributed by atoms with Crippen molar-refractivity contribution in [3.8, 4) is 0 Å². The molecule has 2 heterocycles. The third kappa shape index (κ3) is 2.19. The molecule has 2 rings (SSSR count). The van der Waals surface area contributed by atoms with Crippen LogP contribution in [0.3, 0.4) is 0 Å². The molecule has 0 unspecified atom stereocenters. The van der Waals surface area contributed by atoms with Gasteiger partial charge in [0.2, 0.25) is 0 Å². The molecular weight excluding hydrogens is 178 g/mol. The largest absolute Gasteiger partial charge is 0.320 e. The molecule has 0 radical (unpaired) electrons. The Morgan fingerprint density at radius 3 is 2.79 bits per heavy atom. The smallest absolute Gasteiger partial charge is 0.183 e. The minimum Gasteiger partial charge on any atom is -0.320 e. The van der Waals surface area contributed by atoms with E-state index in [2.05, 4.69) is 4.98 Å². The average Bonchev–Trinajstić information content (AvgIpc) is 2.11. The highest BCUT2D eigenvalue weighted by Crippen LogP contribution is 2.17. The van der Waals surface area contributed by atoms with Gasteiger partial charge in [-0.2, -0.15) is 0 Å². The lowest BCUT2D eigenvalue weighted by Crippen LogP contribution is -2.36. The zero-order chi connectivity index (χ0) is 9.97. The fourth-order valence-corrected chi connectivity index (χ4v) is 1.31. The Bertz CT molecular complexity index is 343. The van der Waals surface area contributed by atoms with Crippen molar-refractivity contribution in [2.75, 3.05) is 0 Å². The van der Waals surface area contributed by atoms with E-state index in [9.17, 15) is 0 Å². The summed E-state index contributed by atoms with van der Waals surface area (Å²) in [6, 6.07) is 5.90. The van der Waals surface area contributed by atoms with Gasteiger partial charge < -0.3 is 9.47 Å². The van der Waals surface area contributed by atoms with Gasteiger partial charge in [0.1, 0.15) is 0 Å². The third-order valence-electron chi connectivity index (χ3n) is 1.99. The predicted octanol–water partition coefficient (Wildman–Crippen LogP) is 2.12. The maximum absolute atomic E-state index is 5.25. The molecule has 1 aliphatic heterocycles. The van der Waals surface area contributed by atoms with Crippen LogP contribution >= 0.6 is 0 Å². The van der Waals surface area contributed by atoms with Crippen LogP contribution in [-0.4, -0.2) is 17.6 Å². The molecule has 14 heavy (non-hydrogen) atoms. The van der Waals surface area contributed by atoms with Crippen molar-refractivity contribution in [2.24, 2.45) is 0 Å². The van der Waals surface area contributed by atoms with Gasteiger partial charge in [-0.25, -0.2) is 0 Å². The fourth-order valence-electron chi connectivity index (χ4n) is 1.31. The van der Waals surface area contributed by atoms with Crippen molar-refractivity contribution < 1.29 is 9.47 Å². The molecule has 74 valence electrons. The zero-order valence-corrected chi connectivity index (χ0v) is 8.31. The highest BCUT2D eigenvalue weighted by atomic mass is 16.9. The normalized spacial score (nSPS) is 26.4. The molecule has 0 aliphatic carbocycles. The summed E-state index contributed by atoms with van der Waals surface area (Å²) in [6.45, 7) is 3.84. The Morgan fingerprint density at radius 1 is 1.36 bits per heavy atom. The molecule has 0 bridgehead atoms. The van der Waals surface area contributed by atoms with Crippen molar-refractivity contribution >= 4 is 6.08 Å². The van der Waals surface area contributed by atoms with Crippen LogP contribution in [0.5, 0.6) is 0 Å². The summed E-state index contributed by atoms with van der Waals surface area (Å²) < 4.78 is 10.5. The summed E-state index contributed by atoms with van der Waals surface area (Å²) in [5, 5.41) is 0. The summed E-state index contributed by atoms with van der Waals surface area (Å²) >= 11 is 0. The van der Waals surface area contributed by atoms with Crippen LogP contribution in [-0.2, 0) is 9.47 Å². The quantitative estimate of drug-likeness (QED) is 0.717. The van der Waals surface area contributed by atoms with Crippen molar-refractivity contribution in [3.05, 3.63) is 35.7 Å². The van der Waals surface area contributed by atoms with Crippen LogP contribution in [0.4, 0.5) is 0 Å². The molecule has 0 aromatic carbocycles. The maximum Gasteiger partial charge on any atom is 0.183 e. The molecule has 0 amide bonds. The third-order valence-corrected chi connectivity index (χ3v) is 1.99. The standard InChI is InChI=1S/C11H13NO2/c1-8-4-3-5-10(12-8)6-7-11-13-9(2)14-11/h3-7,9,11H,1-2H3/b7-6+. The number of pyridine rings is 1. The van der Waals surface area contributed by atoms with E-state index in [-0.39, 0.29) is 12.6 Å². The van der Waals surface area contributed by atoms with E-state index < -0.39 is 0 Å². The number of nitrogens with zero attached hydrogens (tertiary/aromatic N) is 1. The van der Waals surface area contributed by atoms with Crippen molar-refractivity contribution in [2.45, 2.75) is 26.4 Å². The number of hydrogen-bond donors (Lipinski definition) is 0. The van der Waals surface area contributed by atoms with Crippen LogP contribution in [0.25, 0.3) is 6.08 Å². The van der Waals surface area contributed by atoms with E-state index in [1.807, 2.05) is 44.2 Å². The van der Waals surface area contributed by atoms with Gasteiger partial charge in [0, 0.05) is 5.69 Å². The molecule has 1 fully saturated rings. The number of rotatable bonds is 2. The lowest BCUT2D eigenvalue weighted by molar-refractivity contribution is -0.354. The van der Waals surface area contributed by atoms with E-state index in [1.165, 1.54) is 0 Å². The van der Waals surface area contributed by atoms with Gasteiger partial charge in [0.05, 0.1) is 5.69 Å². The van der Waals surface area contributed by atoms with Crippen LogP contribution in [0.1, 0.15) is 18.3 Å². The first-order valence-corrected chi connectivity index (χ1v) is 4.67. The Labute approximate surface area is 83.4 Å². The Morgan fingerprint density at radius 2 is 2.14 bits per heavy atom. The molecule has 0 N–H and O–H groups in total. The molecule has 1 aromatic heterocycles. The highest BCUT2D eigenvalue weighted by molar-refractivity contribution is 5.44. The number of ether oxygens (including phenoxy) is 2. The molecule has 3 nitrogen and oxygen atoms in total. The Balaban J connectivity index is 1.97. The van der Waals surface area contributed by atoms with Crippen LogP contribution in [0.15, 0.2) is 24.3 Å². The number of aromatic nitrogens is 1. The molecule has 3 heteroatoms. The van der Waals surface area contributed by atoms with Crippen LogP contribution in [0, 0.1) is 6.92 Å². The van der Waals surface area contributed by atoms with E-state index >= 15 is 0 Å². The summed E-state index contributed by atoms with van der Waals surface area (Å²) in [6.07, 6.45) is 3.49. The minimum absolute atomic E-state index is 0.0740. The number of hydrogen-bond acceptors (Lipinski definition) is 3. The highest BCUT2D eigenvalue weighted by Gasteiger charge is 2.23. The lowest BCUT2D eigenvalue weighted by atomic mass is 10.3. The summed E-state index contributed by atoms with van der Waals surface area (Å²) in [5.74, 6) is 0. The van der Waals surface area contributed by atoms with Gasteiger partial charge in [-0.3, -0.25) is 4.98 Å². The fraction of sp³-hybridized carbons (Fsp3) is 0.364. The molecule has 1 aromatic rings. The molecule has 0 spiro atoms. The van der Waals surface area contributed by atoms with Crippen molar-refractivity contribution in [3.63, 3.8) is 0 Å². The zero-order valence-electron chi connectivity index (χ0n) is 8.31. The van der Waals surface area contributed by atoms with E-state index in [4.69, 9.17) is 9.47 Å². The number of aryl methyl sites for hydroxylation is 1. The predicted molar refractivity (Wildman–Crippen MR) is 53.4 cm³/mol. The first kappa shape index (κ1) is 9.37. The first-order valence-electron chi connectivity index (χ1n) is 4.67. The van der Waals surface area contributed by atoms with Gasteiger partial charge in [-0.1, -0.05) is 6.07 Å². The van der Waals surface area contributed by atoms with Crippen LogP contribution in [0.2, 0.25) is 0 Å². The second-order valence-corrected chi connectivity index (χ2v) is 3.27. The van der Waals surface area contributed by atoms with Gasteiger partial charge in [-0.05, 0) is 38.1 Å². The van der Waals surface area contributed by atoms with E-state index in [1.54, 1.807) is 0 Å². The first-order chi connectivity index (χ1) is 6.74. The second kappa shape index (κ2) is 3.90. The van der Waals surface area contributed by atoms with E-state index in [0.29, 0.717) is 0 Å². The molecule has 0 atom stereocenters. The molecule has 1 aliphatic rings. The SMILES string of the molecule is Cc1cccc(/C=C/C2OC(C)O2)n1. The van der Waals surface area contributed by atoms with Gasteiger partial charge in [0.15, 0.2) is 12.6 Å². The molecular formula is C11H13NO2. The Kier molecular flexibility index (Phi) is 2.61. The monoisotopic (exact) mass is 191 g/mol. The van der Waals surface area contributed by atoms with Gasteiger partial charge in [0.25, 0.3) is 0 Å². The lowest BCUT2D eigenvalue weighted by Gasteiger charge is -2.31. The second-order valence-electron chi connectivity index (χ2n) is 3.27. The summed E-state index contributed by atoms with van der Waals surface area (Å²) in [5.41, 5.74) is 1.94. The van der Waals surface area contributed by atoms with Gasteiger partial charge in [-0.15, -0.1) is 0 Å². The Hall–Kier alpha value is -1.19. The minimum atomic E-state index is -0.202. The average molecular weight is 191 g/mol. The molecule has 1 saturated heterocycles. The van der Waals surface area contributed by atoms with Crippen molar-refractivity contribution in [1.82, 2.24) is 4.98 Å². The van der Waals surface area contributed by atoms with Gasteiger partial charge >= 0.3 is 0 Å². The summed E-state index contributed by atoms with van der Waals surface area (Å²) in [7, 11) is 0.